The second-order valence-electron chi connectivity index (χ2n) is 7.07. The fourth-order valence-corrected chi connectivity index (χ4v) is 3.16. The van der Waals surface area contributed by atoms with Crippen molar-refractivity contribution in [3.63, 3.8) is 0 Å². The van der Waals surface area contributed by atoms with Crippen LogP contribution in [0.2, 0.25) is 0 Å². The summed E-state index contributed by atoms with van der Waals surface area (Å²) in [6.07, 6.45) is 5.71. The van der Waals surface area contributed by atoms with Crippen molar-refractivity contribution in [2.45, 2.75) is 19.7 Å². The van der Waals surface area contributed by atoms with E-state index in [2.05, 4.69) is 10.4 Å². The van der Waals surface area contributed by atoms with Crippen LogP contribution in [0.15, 0.2) is 85.3 Å². The number of benzene rings is 2. The second kappa shape index (κ2) is 9.21. The number of aromatic nitrogens is 3. The van der Waals surface area contributed by atoms with E-state index in [1.807, 2.05) is 84.5 Å². The van der Waals surface area contributed by atoms with E-state index in [1.165, 1.54) is 0 Å². The zero-order valence-electron chi connectivity index (χ0n) is 17.4. The number of carbonyl (C=O) groups excluding carboxylic acids is 1. The lowest BCUT2D eigenvalue weighted by molar-refractivity contribution is 0.0932. The molecule has 0 radical (unpaired) electrons. The van der Waals surface area contributed by atoms with Crippen LogP contribution in [0, 0.1) is 0 Å². The minimum atomic E-state index is -0.231. The predicted octanol–water partition coefficient (Wildman–Crippen LogP) is 4.21. The van der Waals surface area contributed by atoms with Gasteiger partial charge in [-0.2, -0.15) is 5.10 Å². The van der Waals surface area contributed by atoms with Crippen LogP contribution in [0.3, 0.4) is 0 Å². The molecule has 4 aromatic rings. The summed E-state index contributed by atoms with van der Waals surface area (Å²) in [5.41, 5.74) is 2.43. The summed E-state index contributed by atoms with van der Waals surface area (Å²) >= 11 is 0. The number of hydrogen-bond donors (Lipinski definition) is 1. The van der Waals surface area contributed by atoms with E-state index in [-0.39, 0.29) is 18.7 Å². The minimum Gasteiger partial charge on any atom is -0.497 e. The number of amides is 1. The standard InChI is InChI=1S/C24H24N4O3/c1-18(19-5-7-20(8-6-19)27-14-3-4-15-27)25-24(29)23-13-16-28(26-23)17-31-22-11-9-21(30-2)10-12-22/h3-16,18H,17H2,1-2H3,(H,25,29). The Kier molecular flexibility index (Phi) is 6.03. The third kappa shape index (κ3) is 4.95. The Balaban J connectivity index is 1.32. The van der Waals surface area contributed by atoms with Gasteiger partial charge in [-0.3, -0.25) is 4.79 Å². The van der Waals surface area contributed by atoms with Gasteiger partial charge >= 0.3 is 0 Å². The molecule has 31 heavy (non-hydrogen) atoms. The first-order valence-electron chi connectivity index (χ1n) is 9.97. The Morgan fingerprint density at radius 2 is 1.65 bits per heavy atom. The molecule has 1 N–H and O–H groups in total. The lowest BCUT2D eigenvalue weighted by Crippen LogP contribution is -2.27. The molecule has 1 atom stereocenters. The second-order valence-corrected chi connectivity index (χ2v) is 7.07. The van der Waals surface area contributed by atoms with Gasteiger partial charge in [0.05, 0.1) is 13.2 Å². The quantitative estimate of drug-likeness (QED) is 0.467. The molecule has 7 heteroatoms. The molecule has 7 nitrogen and oxygen atoms in total. The number of hydrogen-bond acceptors (Lipinski definition) is 4. The van der Waals surface area contributed by atoms with Crippen LogP contribution in [0.5, 0.6) is 11.5 Å². The van der Waals surface area contributed by atoms with Crippen molar-refractivity contribution in [1.82, 2.24) is 19.7 Å². The summed E-state index contributed by atoms with van der Waals surface area (Å²) < 4.78 is 14.4. The van der Waals surface area contributed by atoms with E-state index in [0.717, 1.165) is 17.0 Å². The molecule has 0 aliphatic rings. The topological polar surface area (TPSA) is 70.3 Å². The molecule has 0 spiro atoms. The van der Waals surface area contributed by atoms with Gasteiger partial charge in [-0.05, 0) is 67.1 Å². The van der Waals surface area contributed by atoms with Gasteiger partial charge in [0.1, 0.15) is 17.2 Å². The van der Waals surface area contributed by atoms with Crippen LogP contribution < -0.4 is 14.8 Å². The SMILES string of the molecule is COc1ccc(OCn2ccc(C(=O)NC(C)c3ccc(-n4cccc4)cc3)n2)cc1. The average Bonchev–Trinajstić information content (AvgIpc) is 3.50. The van der Waals surface area contributed by atoms with Crippen LogP contribution in [0.25, 0.3) is 5.69 Å². The average molecular weight is 416 g/mol. The van der Waals surface area contributed by atoms with E-state index >= 15 is 0 Å². The first-order chi connectivity index (χ1) is 15.1. The Hall–Kier alpha value is -4.00. The summed E-state index contributed by atoms with van der Waals surface area (Å²) in [4.78, 5) is 12.6. The molecule has 158 valence electrons. The predicted molar refractivity (Wildman–Crippen MR) is 117 cm³/mol. The molecular weight excluding hydrogens is 392 g/mol. The highest BCUT2D eigenvalue weighted by atomic mass is 16.5. The van der Waals surface area contributed by atoms with Crippen molar-refractivity contribution in [2.75, 3.05) is 7.11 Å². The van der Waals surface area contributed by atoms with Gasteiger partial charge in [0.2, 0.25) is 0 Å². The van der Waals surface area contributed by atoms with Gasteiger partial charge in [0.15, 0.2) is 6.73 Å². The Morgan fingerprint density at radius 3 is 2.32 bits per heavy atom. The fourth-order valence-electron chi connectivity index (χ4n) is 3.16. The molecule has 0 saturated carbocycles. The molecule has 0 saturated heterocycles. The normalized spacial score (nSPS) is 11.7. The van der Waals surface area contributed by atoms with Crippen molar-refractivity contribution < 1.29 is 14.3 Å². The number of methoxy groups -OCH3 is 1. The van der Waals surface area contributed by atoms with Gasteiger partial charge in [0.25, 0.3) is 5.91 Å². The van der Waals surface area contributed by atoms with Crippen LogP contribution in [0.1, 0.15) is 29.0 Å². The molecular formula is C24H24N4O3. The number of nitrogens with zero attached hydrogens (tertiary/aromatic N) is 3. The fraction of sp³-hybridized carbons (Fsp3) is 0.167. The zero-order valence-corrected chi connectivity index (χ0v) is 17.4. The lowest BCUT2D eigenvalue weighted by atomic mass is 10.1. The van der Waals surface area contributed by atoms with Crippen LogP contribution >= 0.6 is 0 Å². The van der Waals surface area contributed by atoms with Gasteiger partial charge in [0, 0.05) is 24.3 Å². The van der Waals surface area contributed by atoms with Crippen LogP contribution in [-0.2, 0) is 6.73 Å². The molecule has 0 bridgehead atoms. The molecule has 1 unspecified atom stereocenters. The first kappa shape index (κ1) is 20.3. The molecule has 0 aliphatic carbocycles. The smallest absolute Gasteiger partial charge is 0.272 e. The van der Waals surface area contributed by atoms with E-state index in [4.69, 9.17) is 9.47 Å². The van der Waals surface area contributed by atoms with Crippen LogP contribution in [0.4, 0.5) is 0 Å². The third-order valence-electron chi connectivity index (χ3n) is 4.94. The highest BCUT2D eigenvalue weighted by molar-refractivity contribution is 5.92. The summed E-state index contributed by atoms with van der Waals surface area (Å²) in [6.45, 7) is 2.16. The highest BCUT2D eigenvalue weighted by Crippen LogP contribution is 2.18. The zero-order chi connectivity index (χ0) is 21.6. The Morgan fingerprint density at radius 1 is 0.968 bits per heavy atom. The summed E-state index contributed by atoms with van der Waals surface area (Å²) in [6, 6.07) is 20.9. The van der Waals surface area contributed by atoms with Gasteiger partial charge in [-0.1, -0.05) is 12.1 Å². The summed E-state index contributed by atoms with van der Waals surface area (Å²) in [7, 11) is 1.62. The van der Waals surface area contributed by atoms with E-state index < -0.39 is 0 Å². The Labute approximate surface area is 180 Å². The van der Waals surface area contributed by atoms with Crippen molar-refractivity contribution in [1.29, 1.82) is 0 Å². The maximum atomic E-state index is 12.6. The maximum absolute atomic E-state index is 12.6. The third-order valence-corrected chi connectivity index (χ3v) is 4.94. The van der Waals surface area contributed by atoms with E-state index in [1.54, 1.807) is 24.1 Å². The van der Waals surface area contributed by atoms with Gasteiger partial charge in [-0.25, -0.2) is 4.68 Å². The van der Waals surface area contributed by atoms with Crippen LogP contribution in [-0.4, -0.2) is 27.4 Å². The monoisotopic (exact) mass is 416 g/mol. The Bertz CT molecular complexity index is 1120. The molecule has 0 aliphatic heterocycles. The maximum Gasteiger partial charge on any atom is 0.272 e. The van der Waals surface area contributed by atoms with Crippen molar-refractivity contribution in [3.8, 4) is 17.2 Å². The van der Waals surface area contributed by atoms with Crippen molar-refractivity contribution in [3.05, 3.63) is 96.6 Å². The van der Waals surface area contributed by atoms with Crippen molar-refractivity contribution >= 4 is 5.91 Å². The largest absolute Gasteiger partial charge is 0.497 e. The van der Waals surface area contributed by atoms with E-state index in [9.17, 15) is 4.79 Å². The first-order valence-corrected chi connectivity index (χ1v) is 9.97. The summed E-state index contributed by atoms with van der Waals surface area (Å²) in [5.74, 6) is 1.23. The number of ether oxygens (including phenoxy) is 2. The number of rotatable bonds is 8. The highest BCUT2D eigenvalue weighted by Gasteiger charge is 2.14. The van der Waals surface area contributed by atoms with Gasteiger partial charge < -0.3 is 19.4 Å². The molecule has 4 rings (SSSR count). The molecule has 1 amide bonds. The van der Waals surface area contributed by atoms with Crippen molar-refractivity contribution in [2.24, 2.45) is 0 Å². The minimum absolute atomic E-state index is 0.146. The molecule has 0 fully saturated rings. The lowest BCUT2D eigenvalue weighted by Gasteiger charge is -2.14. The number of carbonyl (C=O) groups is 1. The molecule has 2 aromatic carbocycles. The summed E-state index contributed by atoms with van der Waals surface area (Å²) in [5, 5.41) is 7.30. The number of nitrogens with one attached hydrogen (secondary N) is 1. The van der Waals surface area contributed by atoms with Gasteiger partial charge in [-0.15, -0.1) is 0 Å². The van der Waals surface area contributed by atoms with E-state index in [0.29, 0.717) is 11.4 Å². The molecule has 2 heterocycles. The molecule has 2 aromatic heterocycles.